The van der Waals surface area contributed by atoms with Gasteiger partial charge in [-0.1, -0.05) is 31.4 Å². The molecule has 0 saturated heterocycles. The Morgan fingerprint density at radius 2 is 2.05 bits per heavy atom. The van der Waals surface area contributed by atoms with Crippen LogP contribution < -0.4 is 20.7 Å². The van der Waals surface area contributed by atoms with Crippen molar-refractivity contribution in [1.29, 1.82) is 5.26 Å². The molecular weight excluding hydrogens is 501 g/mol. The van der Waals surface area contributed by atoms with E-state index >= 15 is 0 Å². The molecule has 1 aliphatic rings. The number of hydrogen-bond acceptors (Lipinski definition) is 5. The third kappa shape index (κ3) is 7.35. The van der Waals surface area contributed by atoms with Gasteiger partial charge in [0.15, 0.2) is 5.82 Å². The predicted octanol–water partition coefficient (Wildman–Crippen LogP) is 3.82. The molecule has 1 fully saturated rings. The molecule has 4 N–H and O–H groups in total. The molecule has 2 aromatic rings. The second-order valence-corrected chi connectivity index (χ2v) is 10.8. The SMILES string of the molecule is COc1cc(Cl)c(F)c2[nH]c(C(=O)NC(CC3CC3)C(=O)NC(C#N)CC(C)CC(C)(C)NC=O)cc12. The van der Waals surface area contributed by atoms with E-state index in [0.29, 0.717) is 42.7 Å². The minimum Gasteiger partial charge on any atom is -0.496 e. The number of aromatic amines is 1. The van der Waals surface area contributed by atoms with Crippen molar-refractivity contribution in [3.05, 3.63) is 28.7 Å². The largest absolute Gasteiger partial charge is 0.496 e. The van der Waals surface area contributed by atoms with Crippen molar-refractivity contribution >= 4 is 40.7 Å². The highest BCUT2D eigenvalue weighted by Gasteiger charge is 2.32. The van der Waals surface area contributed by atoms with Gasteiger partial charge in [0, 0.05) is 17.0 Å². The molecule has 3 rings (SSSR count). The van der Waals surface area contributed by atoms with Crippen molar-refractivity contribution in [1.82, 2.24) is 20.9 Å². The van der Waals surface area contributed by atoms with Gasteiger partial charge in [-0.25, -0.2) is 4.39 Å². The smallest absolute Gasteiger partial charge is 0.268 e. The number of ether oxygens (including phenoxy) is 1. The summed E-state index contributed by atoms with van der Waals surface area (Å²) in [6, 6.07) is 3.28. The molecule has 37 heavy (non-hydrogen) atoms. The van der Waals surface area contributed by atoms with Crippen molar-refractivity contribution in [2.24, 2.45) is 11.8 Å². The van der Waals surface area contributed by atoms with Crippen LogP contribution in [0, 0.1) is 29.0 Å². The molecule has 1 aromatic carbocycles. The van der Waals surface area contributed by atoms with Crippen LogP contribution in [0.15, 0.2) is 12.1 Å². The Labute approximate surface area is 220 Å². The number of benzene rings is 1. The Kier molecular flexibility index (Phi) is 9.02. The van der Waals surface area contributed by atoms with E-state index in [2.05, 4.69) is 27.0 Å². The van der Waals surface area contributed by atoms with E-state index in [9.17, 15) is 24.0 Å². The van der Waals surface area contributed by atoms with Gasteiger partial charge in [-0.05, 0) is 51.0 Å². The molecular formula is C26H33ClFN5O4. The number of aromatic nitrogens is 1. The fourth-order valence-corrected chi connectivity index (χ4v) is 4.83. The van der Waals surface area contributed by atoms with Gasteiger partial charge < -0.3 is 25.7 Å². The number of nitrogens with zero attached hydrogens (tertiary/aromatic N) is 1. The first-order valence-corrected chi connectivity index (χ1v) is 12.6. The van der Waals surface area contributed by atoms with Crippen LogP contribution >= 0.6 is 11.6 Å². The summed E-state index contributed by atoms with van der Waals surface area (Å²) < 4.78 is 19.8. The average Bonchev–Trinajstić information content (AvgIpc) is 3.53. The Hall–Kier alpha value is -3.32. The van der Waals surface area contributed by atoms with Crippen molar-refractivity contribution in [2.45, 2.75) is 70.5 Å². The van der Waals surface area contributed by atoms with E-state index < -0.39 is 35.3 Å². The summed E-state index contributed by atoms with van der Waals surface area (Å²) in [4.78, 5) is 39.7. The molecule has 1 aromatic heterocycles. The molecule has 3 unspecified atom stereocenters. The Bertz CT molecular complexity index is 1200. The van der Waals surface area contributed by atoms with Crippen LogP contribution in [0.1, 0.15) is 63.4 Å². The molecule has 3 amide bonds. The van der Waals surface area contributed by atoms with Gasteiger partial charge in [0.05, 0.1) is 23.7 Å². The number of rotatable bonds is 13. The molecule has 0 aliphatic heterocycles. The zero-order valence-electron chi connectivity index (χ0n) is 21.4. The monoisotopic (exact) mass is 533 g/mol. The maximum Gasteiger partial charge on any atom is 0.268 e. The van der Waals surface area contributed by atoms with Crippen molar-refractivity contribution in [3.63, 3.8) is 0 Å². The van der Waals surface area contributed by atoms with Crippen LogP contribution in [0.25, 0.3) is 10.9 Å². The molecule has 11 heteroatoms. The van der Waals surface area contributed by atoms with Gasteiger partial charge in [0.1, 0.15) is 23.5 Å². The minimum atomic E-state index is -0.860. The number of carbonyl (C=O) groups excluding carboxylic acids is 3. The third-order valence-electron chi connectivity index (χ3n) is 6.54. The molecule has 9 nitrogen and oxygen atoms in total. The minimum absolute atomic E-state index is 0.0308. The normalized spacial score (nSPS) is 15.8. The van der Waals surface area contributed by atoms with Crippen LogP contribution in [0.5, 0.6) is 5.75 Å². The number of amides is 3. The van der Waals surface area contributed by atoms with Crippen LogP contribution in [0.4, 0.5) is 4.39 Å². The summed E-state index contributed by atoms with van der Waals surface area (Å²) in [6.45, 7) is 5.72. The summed E-state index contributed by atoms with van der Waals surface area (Å²) in [5, 5.41) is 18.1. The van der Waals surface area contributed by atoms with Crippen LogP contribution in [0.3, 0.4) is 0 Å². The number of halogens is 2. The number of H-pyrrole nitrogens is 1. The lowest BCUT2D eigenvalue weighted by molar-refractivity contribution is -0.123. The lowest BCUT2D eigenvalue weighted by Crippen LogP contribution is -2.50. The topological polar surface area (TPSA) is 136 Å². The molecule has 1 heterocycles. The molecule has 3 atom stereocenters. The second-order valence-electron chi connectivity index (χ2n) is 10.4. The number of methoxy groups -OCH3 is 1. The van der Waals surface area contributed by atoms with Gasteiger partial charge in [0.25, 0.3) is 5.91 Å². The fraction of sp³-hybridized carbons (Fsp3) is 0.538. The Balaban J connectivity index is 1.71. The number of hydrogen-bond donors (Lipinski definition) is 4. The molecule has 1 aliphatic carbocycles. The quantitative estimate of drug-likeness (QED) is 0.290. The van der Waals surface area contributed by atoms with Crippen LogP contribution in [-0.2, 0) is 9.59 Å². The summed E-state index contributed by atoms with van der Waals surface area (Å²) in [5.41, 5.74) is -0.360. The van der Waals surface area contributed by atoms with Crippen LogP contribution in [-0.4, -0.2) is 47.9 Å². The summed E-state index contributed by atoms with van der Waals surface area (Å²) in [6.07, 6.45) is 4.01. The number of nitriles is 1. The molecule has 0 radical (unpaired) electrons. The second kappa shape index (κ2) is 11.8. The average molecular weight is 534 g/mol. The first-order chi connectivity index (χ1) is 17.5. The van der Waals surface area contributed by atoms with Crippen molar-refractivity contribution in [3.8, 4) is 11.8 Å². The van der Waals surface area contributed by atoms with E-state index in [-0.39, 0.29) is 22.2 Å². The van der Waals surface area contributed by atoms with Gasteiger partial charge in [-0.2, -0.15) is 5.26 Å². The Morgan fingerprint density at radius 3 is 2.65 bits per heavy atom. The number of nitrogens with one attached hydrogen (secondary N) is 4. The van der Waals surface area contributed by atoms with Crippen molar-refractivity contribution in [2.75, 3.05) is 7.11 Å². The van der Waals surface area contributed by atoms with Crippen LogP contribution in [0.2, 0.25) is 5.02 Å². The standard InChI is InChI=1S/C26H33ClFN5O4/c1-14(11-26(2,3)30-13-34)7-16(12-29)31-24(35)19(8-15-5-6-15)33-25(36)20-9-17-21(37-4)10-18(27)22(28)23(17)32-20/h9-10,13-16,19,32H,5-8,11H2,1-4H3,(H,30,34)(H,31,35)(H,33,36). The zero-order valence-corrected chi connectivity index (χ0v) is 22.2. The van der Waals surface area contributed by atoms with E-state index in [4.69, 9.17) is 16.3 Å². The first-order valence-electron chi connectivity index (χ1n) is 12.2. The number of fused-ring (bicyclic) bond motifs is 1. The first kappa shape index (κ1) is 28.3. The molecule has 200 valence electrons. The fourth-order valence-electron chi connectivity index (χ4n) is 4.63. The highest BCUT2D eigenvalue weighted by Crippen LogP contribution is 2.35. The van der Waals surface area contributed by atoms with Gasteiger partial charge >= 0.3 is 0 Å². The van der Waals surface area contributed by atoms with Gasteiger partial charge in [-0.3, -0.25) is 14.4 Å². The van der Waals surface area contributed by atoms with E-state index in [1.54, 1.807) is 0 Å². The lowest BCUT2D eigenvalue weighted by atomic mass is 9.88. The lowest BCUT2D eigenvalue weighted by Gasteiger charge is -2.28. The third-order valence-corrected chi connectivity index (χ3v) is 6.82. The molecule has 0 bridgehead atoms. The highest BCUT2D eigenvalue weighted by atomic mass is 35.5. The summed E-state index contributed by atoms with van der Waals surface area (Å²) >= 11 is 5.93. The molecule has 1 saturated carbocycles. The van der Waals surface area contributed by atoms with Gasteiger partial charge in [-0.15, -0.1) is 0 Å². The predicted molar refractivity (Wildman–Crippen MR) is 138 cm³/mol. The number of carbonyl (C=O) groups is 3. The maximum absolute atomic E-state index is 14.5. The maximum atomic E-state index is 14.5. The van der Waals surface area contributed by atoms with E-state index in [1.165, 1.54) is 19.2 Å². The highest BCUT2D eigenvalue weighted by molar-refractivity contribution is 6.31. The van der Waals surface area contributed by atoms with Crippen molar-refractivity contribution < 1.29 is 23.5 Å². The molecule has 0 spiro atoms. The zero-order chi connectivity index (χ0) is 27.3. The summed E-state index contributed by atoms with van der Waals surface area (Å²) in [5.74, 6) is -1.09. The van der Waals surface area contributed by atoms with Gasteiger partial charge in [0.2, 0.25) is 12.3 Å². The van der Waals surface area contributed by atoms with E-state index in [0.717, 1.165) is 12.8 Å². The summed E-state index contributed by atoms with van der Waals surface area (Å²) in [7, 11) is 1.41. The Morgan fingerprint density at radius 1 is 1.35 bits per heavy atom. The van der Waals surface area contributed by atoms with E-state index in [1.807, 2.05) is 20.8 Å².